The zero-order valence-electron chi connectivity index (χ0n) is 11.8. The molecule has 0 amide bonds. The Balaban J connectivity index is 2.28. The molecule has 21 heavy (non-hydrogen) atoms. The van der Waals surface area contributed by atoms with E-state index in [2.05, 4.69) is 16.5 Å². The van der Waals surface area contributed by atoms with Gasteiger partial charge in [0.25, 0.3) is 0 Å². The number of nitrogens with one attached hydrogen (secondary N) is 1. The van der Waals surface area contributed by atoms with Crippen molar-refractivity contribution in [1.29, 1.82) is 0 Å². The molecule has 1 heterocycles. The highest BCUT2D eigenvalue weighted by molar-refractivity contribution is 7.46. The summed E-state index contributed by atoms with van der Waals surface area (Å²) in [6, 6.07) is 5.10. The van der Waals surface area contributed by atoms with Gasteiger partial charge in [-0.1, -0.05) is 12.1 Å². The van der Waals surface area contributed by atoms with Crippen LogP contribution in [0.2, 0.25) is 0 Å². The molecule has 0 saturated carbocycles. The molecule has 0 saturated heterocycles. The third kappa shape index (κ3) is 4.19. The standard InChI is InChI=1S/C14H19N2O4P/c1-3-8-16(2)9-7-11-10-15-12-5-4-6-13(14(11)12)20-21(17,18)19/h3-6,10,15H,1,7-9H2,2H3,(H2,17,18,19). The molecule has 0 aliphatic carbocycles. The number of hydrogen-bond donors (Lipinski definition) is 3. The number of phosphoric acid groups is 1. The molecule has 1 aromatic heterocycles. The summed E-state index contributed by atoms with van der Waals surface area (Å²) in [4.78, 5) is 23.2. The van der Waals surface area contributed by atoms with E-state index < -0.39 is 7.82 Å². The molecule has 0 radical (unpaired) electrons. The molecular formula is C14H19N2O4P. The number of phosphoric ester groups is 1. The topological polar surface area (TPSA) is 85.8 Å². The van der Waals surface area contributed by atoms with Gasteiger partial charge in [-0.15, -0.1) is 6.58 Å². The first-order chi connectivity index (χ1) is 9.90. The van der Waals surface area contributed by atoms with Gasteiger partial charge < -0.3 is 14.4 Å². The molecule has 0 atom stereocenters. The molecule has 1 aromatic carbocycles. The Labute approximate surface area is 123 Å². The Hall–Kier alpha value is -1.59. The molecule has 0 fully saturated rings. The third-order valence-corrected chi connectivity index (χ3v) is 3.60. The molecule has 0 aliphatic heterocycles. The van der Waals surface area contributed by atoms with Crippen molar-refractivity contribution >= 4 is 18.7 Å². The number of H-pyrrole nitrogens is 1. The van der Waals surface area contributed by atoms with Crippen LogP contribution in [0.1, 0.15) is 5.56 Å². The first kappa shape index (κ1) is 15.8. The van der Waals surface area contributed by atoms with Gasteiger partial charge in [-0.3, -0.25) is 9.79 Å². The summed E-state index contributed by atoms with van der Waals surface area (Å²) in [5.41, 5.74) is 1.76. The fraction of sp³-hybridized carbons (Fsp3) is 0.286. The molecule has 6 nitrogen and oxygen atoms in total. The van der Waals surface area contributed by atoms with Crippen LogP contribution in [0.4, 0.5) is 0 Å². The maximum absolute atomic E-state index is 11.1. The highest BCUT2D eigenvalue weighted by Gasteiger charge is 2.19. The number of aromatic nitrogens is 1. The second-order valence-electron chi connectivity index (χ2n) is 4.88. The Kier molecular flexibility index (Phi) is 4.85. The van der Waals surface area contributed by atoms with Crippen molar-refractivity contribution in [3.63, 3.8) is 0 Å². The lowest BCUT2D eigenvalue weighted by Gasteiger charge is -2.14. The Morgan fingerprint density at radius 2 is 2.24 bits per heavy atom. The predicted octanol–water partition coefficient (Wildman–Crippen LogP) is 2.30. The molecule has 0 spiro atoms. The van der Waals surface area contributed by atoms with Gasteiger partial charge in [-0.05, 0) is 31.2 Å². The van der Waals surface area contributed by atoms with Crippen LogP contribution in [0.3, 0.4) is 0 Å². The summed E-state index contributed by atoms with van der Waals surface area (Å²) in [7, 11) is -2.58. The van der Waals surface area contributed by atoms with Gasteiger partial charge in [0, 0.05) is 30.2 Å². The molecule has 114 valence electrons. The van der Waals surface area contributed by atoms with Crippen molar-refractivity contribution in [2.24, 2.45) is 0 Å². The van der Waals surface area contributed by atoms with E-state index in [4.69, 9.17) is 14.3 Å². The van der Waals surface area contributed by atoms with Gasteiger partial charge in [0.15, 0.2) is 0 Å². The van der Waals surface area contributed by atoms with Crippen molar-refractivity contribution < 1.29 is 18.9 Å². The Morgan fingerprint density at radius 3 is 2.90 bits per heavy atom. The lowest BCUT2D eigenvalue weighted by Crippen LogP contribution is -2.20. The van der Waals surface area contributed by atoms with Crippen LogP contribution in [-0.4, -0.2) is 39.8 Å². The molecule has 3 N–H and O–H groups in total. The average molecular weight is 310 g/mol. The molecular weight excluding hydrogens is 291 g/mol. The van der Waals surface area contributed by atoms with Gasteiger partial charge in [0.1, 0.15) is 5.75 Å². The average Bonchev–Trinajstić information content (AvgIpc) is 2.79. The van der Waals surface area contributed by atoms with Crippen LogP contribution < -0.4 is 4.52 Å². The van der Waals surface area contributed by atoms with E-state index in [1.165, 1.54) is 0 Å². The quantitative estimate of drug-likeness (QED) is 0.540. The monoisotopic (exact) mass is 310 g/mol. The minimum atomic E-state index is -4.57. The van der Waals surface area contributed by atoms with Gasteiger partial charge >= 0.3 is 7.82 Å². The predicted molar refractivity (Wildman–Crippen MR) is 82.4 cm³/mol. The normalized spacial score (nSPS) is 12.0. The van der Waals surface area contributed by atoms with Gasteiger partial charge in [-0.25, -0.2) is 4.57 Å². The fourth-order valence-corrected chi connectivity index (χ4v) is 2.65. The van der Waals surface area contributed by atoms with E-state index >= 15 is 0 Å². The van der Waals surface area contributed by atoms with Crippen LogP contribution in [0.15, 0.2) is 37.1 Å². The molecule has 2 rings (SSSR count). The lowest BCUT2D eigenvalue weighted by molar-refractivity contribution is 0.284. The Bertz CT molecular complexity index is 677. The van der Waals surface area contributed by atoms with E-state index in [1.54, 1.807) is 12.1 Å². The minimum Gasteiger partial charge on any atom is -0.404 e. The number of likely N-dealkylation sites (N-methyl/N-ethyl adjacent to an activating group) is 1. The number of fused-ring (bicyclic) bond motifs is 1. The third-order valence-electron chi connectivity index (χ3n) is 3.17. The maximum atomic E-state index is 11.1. The summed E-state index contributed by atoms with van der Waals surface area (Å²) in [5.74, 6) is 0.198. The van der Waals surface area contributed by atoms with E-state index in [0.717, 1.165) is 30.6 Å². The molecule has 0 aliphatic rings. The summed E-state index contributed by atoms with van der Waals surface area (Å²) >= 11 is 0. The van der Waals surface area contributed by atoms with Crippen LogP contribution in [-0.2, 0) is 11.0 Å². The molecule has 0 unspecified atom stereocenters. The van der Waals surface area contributed by atoms with Crippen molar-refractivity contribution in [2.75, 3.05) is 20.1 Å². The van der Waals surface area contributed by atoms with Gasteiger partial charge in [0.05, 0.1) is 0 Å². The van der Waals surface area contributed by atoms with E-state index in [1.807, 2.05) is 25.4 Å². The zero-order chi connectivity index (χ0) is 15.5. The highest BCUT2D eigenvalue weighted by atomic mass is 31.2. The van der Waals surface area contributed by atoms with E-state index in [-0.39, 0.29) is 5.75 Å². The summed E-state index contributed by atoms with van der Waals surface area (Å²) in [6.07, 6.45) is 4.42. The minimum absolute atomic E-state index is 0.198. The summed E-state index contributed by atoms with van der Waals surface area (Å²) in [5, 5.41) is 0.716. The van der Waals surface area contributed by atoms with Crippen molar-refractivity contribution in [3.05, 3.63) is 42.6 Å². The fourth-order valence-electron chi connectivity index (χ4n) is 2.24. The van der Waals surface area contributed by atoms with Crippen LogP contribution >= 0.6 is 7.82 Å². The van der Waals surface area contributed by atoms with Gasteiger partial charge in [0.2, 0.25) is 0 Å². The molecule has 7 heteroatoms. The lowest BCUT2D eigenvalue weighted by atomic mass is 10.1. The van der Waals surface area contributed by atoms with Gasteiger partial charge in [-0.2, -0.15) is 0 Å². The SMILES string of the molecule is C=CCN(C)CCc1c[nH]c2cccc(OP(=O)(O)O)c12. The van der Waals surface area contributed by atoms with Crippen molar-refractivity contribution in [3.8, 4) is 5.75 Å². The van der Waals surface area contributed by atoms with E-state index in [9.17, 15) is 4.57 Å². The summed E-state index contributed by atoms with van der Waals surface area (Å²) < 4.78 is 15.9. The second kappa shape index (κ2) is 6.45. The maximum Gasteiger partial charge on any atom is 0.524 e. The van der Waals surface area contributed by atoms with Crippen molar-refractivity contribution in [2.45, 2.75) is 6.42 Å². The number of benzene rings is 1. The van der Waals surface area contributed by atoms with E-state index in [0.29, 0.717) is 5.39 Å². The first-order valence-corrected chi connectivity index (χ1v) is 8.07. The summed E-state index contributed by atoms with van der Waals surface area (Å²) in [6.45, 7) is 5.29. The highest BCUT2D eigenvalue weighted by Crippen LogP contribution is 2.41. The van der Waals surface area contributed by atoms with Crippen LogP contribution in [0.25, 0.3) is 10.9 Å². The van der Waals surface area contributed by atoms with Crippen LogP contribution in [0, 0.1) is 0 Å². The number of aromatic amines is 1. The number of hydrogen-bond acceptors (Lipinski definition) is 3. The van der Waals surface area contributed by atoms with Crippen LogP contribution in [0.5, 0.6) is 5.75 Å². The zero-order valence-corrected chi connectivity index (χ0v) is 12.7. The number of rotatable bonds is 7. The largest absolute Gasteiger partial charge is 0.524 e. The molecule has 0 bridgehead atoms. The molecule has 2 aromatic rings. The second-order valence-corrected chi connectivity index (χ2v) is 6.04. The smallest absolute Gasteiger partial charge is 0.404 e. The Morgan fingerprint density at radius 1 is 1.48 bits per heavy atom. The first-order valence-electron chi connectivity index (χ1n) is 6.54. The van der Waals surface area contributed by atoms with Crippen molar-refractivity contribution in [1.82, 2.24) is 9.88 Å². The number of nitrogens with zero attached hydrogens (tertiary/aromatic N) is 1.